The van der Waals surface area contributed by atoms with E-state index in [1.54, 1.807) is 0 Å². The van der Waals surface area contributed by atoms with Gasteiger partial charge >= 0.3 is 12.2 Å². The van der Waals surface area contributed by atoms with Crippen LogP contribution in [-0.2, 0) is 27.5 Å². The maximum absolute atomic E-state index is 14.2. The molecule has 1 fully saturated rings. The molecule has 4 rings (SSSR count). The number of alkyl halides is 3. The lowest BCUT2D eigenvalue weighted by Gasteiger charge is -2.28. The van der Waals surface area contributed by atoms with Crippen molar-refractivity contribution in [2.24, 2.45) is 5.14 Å². The molecule has 3 aromatic carbocycles. The number of primary sulfonamides is 1. The van der Waals surface area contributed by atoms with Crippen LogP contribution in [0, 0.1) is 17.1 Å². The van der Waals surface area contributed by atoms with Crippen molar-refractivity contribution in [3.05, 3.63) is 83.2 Å². The van der Waals surface area contributed by atoms with Crippen LogP contribution in [0.2, 0.25) is 0 Å². The van der Waals surface area contributed by atoms with E-state index in [0.717, 1.165) is 29.2 Å². The van der Waals surface area contributed by atoms with Crippen molar-refractivity contribution in [1.29, 1.82) is 5.26 Å². The van der Waals surface area contributed by atoms with E-state index in [4.69, 9.17) is 10.4 Å². The third-order valence-electron chi connectivity index (χ3n) is 6.37. The van der Waals surface area contributed by atoms with Gasteiger partial charge in [0.15, 0.2) is 0 Å². The van der Waals surface area contributed by atoms with E-state index in [0.29, 0.717) is 22.2 Å². The third-order valence-corrected chi connectivity index (χ3v) is 7.30. The average molecular weight is 576 g/mol. The summed E-state index contributed by atoms with van der Waals surface area (Å²) in [6.07, 6.45) is -4.90. The van der Waals surface area contributed by atoms with Crippen molar-refractivity contribution >= 4 is 39.0 Å². The van der Waals surface area contributed by atoms with Crippen LogP contribution in [0.1, 0.15) is 30.5 Å². The van der Waals surface area contributed by atoms with Crippen LogP contribution in [0.25, 0.3) is 0 Å². The minimum atomic E-state index is -4.90. The topological polar surface area (TPSA) is 137 Å². The number of imide groups is 1. The van der Waals surface area contributed by atoms with Crippen LogP contribution in [0.4, 0.5) is 39.4 Å². The van der Waals surface area contributed by atoms with Crippen LogP contribution >= 0.6 is 0 Å². The molecule has 0 unspecified atom stereocenters. The first kappa shape index (κ1) is 28.5. The van der Waals surface area contributed by atoms with Gasteiger partial charge in [0, 0.05) is 11.4 Å². The Morgan fingerprint density at radius 1 is 1.02 bits per heavy atom. The second kappa shape index (κ2) is 9.92. The van der Waals surface area contributed by atoms with Gasteiger partial charge in [0.1, 0.15) is 11.4 Å². The minimum Gasteiger partial charge on any atom is -0.355 e. The van der Waals surface area contributed by atoms with E-state index >= 15 is 0 Å². The fraction of sp³-hybridized carbons (Fsp3) is 0.192. The standard InChI is InChI=1S/C26H21F4N5O4S/c1-25(2)23(36)35(19-8-4-15(13-31)21(12-19)26(28,29)30)24(37)34(25)14-16-3-5-17(27)11-22(16)33-18-6-9-20(10-7-18)40(32,38)39/h3-12,33H,14H2,1-2H3,(H2,32,38,39). The molecule has 0 bridgehead atoms. The normalized spacial score (nSPS) is 15.3. The summed E-state index contributed by atoms with van der Waals surface area (Å²) in [6, 6.07) is 12.0. The number of urea groups is 1. The molecule has 3 aromatic rings. The van der Waals surface area contributed by atoms with Crippen molar-refractivity contribution in [2.75, 3.05) is 10.2 Å². The Hall–Kier alpha value is -4.48. The molecule has 0 saturated carbocycles. The molecule has 14 heteroatoms. The van der Waals surface area contributed by atoms with Gasteiger partial charge < -0.3 is 10.2 Å². The molecule has 1 aliphatic heterocycles. The number of carbonyl (C=O) groups excluding carboxylic acids is 2. The summed E-state index contributed by atoms with van der Waals surface area (Å²) in [5.74, 6) is -1.43. The SMILES string of the molecule is CC1(C)C(=O)N(c2ccc(C#N)c(C(F)(F)F)c2)C(=O)N1Cc1ccc(F)cc1Nc1ccc(S(N)(=O)=O)cc1. The fourth-order valence-electron chi connectivity index (χ4n) is 4.19. The van der Waals surface area contributed by atoms with E-state index in [2.05, 4.69) is 5.32 Å². The maximum Gasteiger partial charge on any atom is 0.417 e. The summed E-state index contributed by atoms with van der Waals surface area (Å²) >= 11 is 0. The summed E-state index contributed by atoms with van der Waals surface area (Å²) in [5.41, 5.74) is -2.91. The predicted molar refractivity (Wildman–Crippen MR) is 136 cm³/mol. The first-order valence-electron chi connectivity index (χ1n) is 11.5. The minimum absolute atomic E-state index is 0.142. The molecular weight excluding hydrogens is 554 g/mol. The van der Waals surface area contributed by atoms with Gasteiger partial charge in [0.25, 0.3) is 5.91 Å². The van der Waals surface area contributed by atoms with Gasteiger partial charge in [-0.15, -0.1) is 0 Å². The van der Waals surface area contributed by atoms with Gasteiger partial charge in [-0.2, -0.15) is 18.4 Å². The lowest BCUT2D eigenvalue weighted by Crippen LogP contribution is -2.43. The predicted octanol–water partition coefficient (Wildman–Crippen LogP) is 4.85. The summed E-state index contributed by atoms with van der Waals surface area (Å²) in [4.78, 5) is 28.3. The lowest BCUT2D eigenvalue weighted by molar-refractivity contribution is -0.137. The Morgan fingerprint density at radius 2 is 1.68 bits per heavy atom. The highest BCUT2D eigenvalue weighted by Crippen LogP contribution is 2.39. The van der Waals surface area contributed by atoms with Crippen molar-refractivity contribution in [1.82, 2.24) is 4.90 Å². The molecule has 0 atom stereocenters. The van der Waals surface area contributed by atoms with Crippen LogP contribution in [0.15, 0.2) is 65.6 Å². The van der Waals surface area contributed by atoms with Gasteiger partial charge in [-0.3, -0.25) is 4.79 Å². The van der Waals surface area contributed by atoms with E-state index < -0.39 is 50.6 Å². The molecule has 3 N–H and O–H groups in total. The molecule has 1 aliphatic rings. The van der Waals surface area contributed by atoms with Crippen molar-refractivity contribution in [3.63, 3.8) is 0 Å². The number of nitrogens with two attached hydrogens (primary N) is 1. The summed E-state index contributed by atoms with van der Waals surface area (Å²) in [6.45, 7) is 2.60. The molecule has 208 valence electrons. The molecule has 0 radical (unpaired) electrons. The number of carbonyl (C=O) groups is 2. The van der Waals surface area contributed by atoms with Crippen molar-refractivity contribution < 1.29 is 35.6 Å². The lowest BCUT2D eigenvalue weighted by atomic mass is 10.0. The van der Waals surface area contributed by atoms with Crippen LogP contribution in [-0.4, -0.2) is 30.8 Å². The Balaban J connectivity index is 1.68. The first-order valence-corrected chi connectivity index (χ1v) is 13.0. The van der Waals surface area contributed by atoms with Gasteiger partial charge in [-0.05, 0) is 74.0 Å². The number of amides is 3. The number of benzene rings is 3. The Kier molecular flexibility index (Phi) is 7.08. The van der Waals surface area contributed by atoms with E-state index in [1.165, 1.54) is 50.2 Å². The number of hydrogen-bond acceptors (Lipinski definition) is 6. The van der Waals surface area contributed by atoms with E-state index in [-0.39, 0.29) is 22.8 Å². The number of nitrogens with one attached hydrogen (secondary N) is 1. The molecule has 40 heavy (non-hydrogen) atoms. The van der Waals surface area contributed by atoms with Gasteiger partial charge in [0.2, 0.25) is 10.0 Å². The number of halogens is 4. The average Bonchev–Trinajstić information content (AvgIpc) is 3.03. The highest BCUT2D eigenvalue weighted by Gasteiger charge is 2.52. The maximum atomic E-state index is 14.2. The number of sulfonamides is 1. The molecular formula is C26H21F4N5O4S. The Bertz CT molecular complexity index is 1670. The second-order valence-electron chi connectivity index (χ2n) is 9.40. The quantitative estimate of drug-likeness (QED) is 0.318. The summed E-state index contributed by atoms with van der Waals surface area (Å²) < 4.78 is 77.8. The number of nitrogens with zero attached hydrogens (tertiary/aromatic N) is 3. The highest BCUT2D eigenvalue weighted by molar-refractivity contribution is 7.89. The molecule has 9 nitrogen and oxygen atoms in total. The van der Waals surface area contributed by atoms with Crippen LogP contribution in [0.3, 0.4) is 0 Å². The van der Waals surface area contributed by atoms with Crippen molar-refractivity contribution in [2.45, 2.75) is 37.0 Å². The number of anilines is 3. The molecule has 0 aliphatic carbocycles. The molecule has 1 saturated heterocycles. The van der Waals surface area contributed by atoms with Gasteiger partial charge in [-0.25, -0.2) is 27.6 Å². The number of hydrogen-bond donors (Lipinski definition) is 2. The zero-order chi connectivity index (χ0) is 29.6. The van der Waals surface area contributed by atoms with E-state index in [1.807, 2.05) is 0 Å². The Labute approximate surface area is 226 Å². The highest BCUT2D eigenvalue weighted by atomic mass is 32.2. The molecule has 0 spiro atoms. The van der Waals surface area contributed by atoms with Crippen molar-refractivity contribution in [3.8, 4) is 6.07 Å². The van der Waals surface area contributed by atoms with Crippen LogP contribution in [0.5, 0.6) is 0 Å². The second-order valence-corrected chi connectivity index (χ2v) is 11.0. The zero-order valence-electron chi connectivity index (χ0n) is 21.0. The first-order chi connectivity index (χ1) is 18.5. The molecule has 1 heterocycles. The van der Waals surface area contributed by atoms with E-state index in [9.17, 15) is 35.6 Å². The molecule has 3 amide bonds. The van der Waals surface area contributed by atoms with Crippen LogP contribution < -0.4 is 15.4 Å². The number of rotatable bonds is 6. The largest absolute Gasteiger partial charge is 0.417 e. The monoisotopic (exact) mass is 575 g/mol. The molecule has 0 aromatic heterocycles. The van der Waals surface area contributed by atoms with Gasteiger partial charge in [-0.1, -0.05) is 6.07 Å². The summed E-state index contributed by atoms with van der Waals surface area (Å²) in [5, 5.41) is 17.1. The number of nitriles is 1. The zero-order valence-corrected chi connectivity index (χ0v) is 21.8. The summed E-state index contributed by atoms with van der Waals surface area (Å²) in [7, 11) is -3.94. The smallest absolute Gasteiger partial charge is 0.355 e. The third kappa shape index (κ3) is 5.33. The Morgan fingerprint density at radius 3 is 2.25 bits per heavy atom. The van der Waals surface area contributed by atoms with Gasteiger partial charge in [0.05, 0.1) is 34.3 Å². The fourth-order valence-corrected chi connectivity index (χ4v) is 4.70.